The highest BCUT2D eigenvalue weighted by Crippen LogP contribution is 2.33. The summed E-state index contributed by atoms with van der Waals surface area (Å²) < 4.78 is 7.18. The summed E-state index contributed by atoms with van der Waals surface area (Å²) in [5.74, 6) is 1.05. The molecule has 1 aromatic rings. The summed E-state index contributed by atoms with van der Waals surface area (Å²) in [6, 6.07) is 3.51. The Labute approximate surface area is 98.6 Å². The van der Waals surface area contributed by atoms with Crippen molar-refractivity contribution in [3.05, 3.63) is 19.3 Å². The number of hydrogen-bond acceptors (Lipinski definition) is 2. The van der Waals surface area contributed by atoms with Crippen LogP contribution in [0, 0.1) is 7.14 Å². The standard InChI is InChI=1S/C8H8I2O2/c1-2-12-8-5(9)3-4-6(11)7(8)10/h3-4,11H,2H2,1H3. The van der Waals surface area contributed by atoms with E-state index in [1.165, 1.54) is 0 Å². The Balaban J connectivity index is 3.14. The van der Waals surface area contributed by atoms with Gasteiger partial charge in [0.15, 0.2) is 0 Å². The van der Waals surface area contributed by atoms with E-state index in [0.717, 1.165) is 12.9 Å². The fourth-order valence-corrected chi connectivity index (χ4v) is 2.55. The molecule has 66 valence electrons. The molecule has 0 aliphatic rings. The van der Waals surface area contributed by atoms with Crippen molar-refractivity contribution >= 4 is 45.2 Å². The van der Waals surface area contributed by atoms with Gasteiger partial charge < -0.3 is 9.84 Å². The molecule has 0 spiro atoms. The van der Waals surface area contributed by atoms with E-state index in [1.54, 1.807) is 6.07 Å². The molecule has 1 N–H and O–H groups in total. The minimum Gasteiger partial charge on any atom is -0.507 e. The van der Waals surface area contributed by atoms with Crippen LogP contribution >= 0.6 is 45.2 Å². The molecule has 0 aliphatic heterocycles. The second-order valence-corrected chi connectivity index (χ2v) is 4.38. The first-order valence-corrected chi connectivity index (χ1v) is 5.62. The first-order chi connectivity index (χ1) is 5.66. The molecule has 12 heavy (non-hydrogen) atoms. The SMILES string of the molecule is CCOc1c(I)ccc(O)c1I. The number of phenols is 1. The van der Waals surface area contributed by atoms with Crippen molar-refractivity contribution in [2.45, 2.75) is 6.92 Å². The van der Waals surface area contributed by atoms with Gasteiger partial charge in [-0.2, -0.15) is 0 Å². The maximum Gasteiger partial charge on any atom is 0.149 e. The number of benzene rings is 1. The first kappa shape index (κ1) is 10.4. The van der Waals surface area contributed by atoms with E-state index in [9.17, 15) is 5.11 Å². The van der Waals surface area contributed by atoms with Crippen LogP contribution in [0.15, 0.2) is 12.1 Å². The summed E-state index contributed by atoms with van der Waals surface area (Å²) in [4.78, 5) is 0. The average molecular weight is 390 g/mol. The number of ether oxygens (including phenoxy) is 1. The second kappa shape index (κ2) is 4.50. The predicted molar refractivity (Wildman–Crippen MR) is 64.7 cm³/mol. The Bertz CT molecular complexity index is 287. The van der Waals surface area contributed by atoms with Crippen molar-refractivity contribution in [1.82, 2.24) is 0 Å². The minimum atomic E-state index is 0.277. The van der Waals surface area contributed by atoms with Gasteiger partial charge >= 0.3 is 0 Å². The van der Waals surface area contributed by atoms with E-state index in [0.29, 0.717) is 6.61 Å². The van der Waals surface area contributed by atoms with Crippen molar-refractivity contribution in [2.75, 3.05) is 6.61 Å². The zero-order valence-corrected chi connectivity index (χ0v) is 10.8. The van der Waals surface area contributed by atoms with Gasteiger partial charge in [-0.05, 0) is 64.2 Å². The Morgan fingerprint density at radius 3 is 2.67 bits per heavy atom. The zero-order chi connectivity index (χ0) is 9.14. The van der Waals surface area contributed by atoms with Crippen molar-refractivity contribution in [2.24, 2.45) is 0 Å². The van der Waals surface area contributed by atoms with Gasteiger partial charge in [-0.3, -0.25) is 0 Å². The summed E-state index contributed by atoms with van der Waals surface area (Å²) in [5, 5.41) is 9.36. The van der Waals surface area contributed by atoms with E-state index in [-0.39, 0.29) is 5.75 Å². The fourth-order valence-electron chi connectivity index (χ4n) is 0.799. The van der Waals surface area contributed by atoms with Crippen LogP contribution in [0.1, 0.15) is 6.92 Å². The average Bonchev–Trinajstić information content (AvgIpc) is 2.06. The molecule has 2 nitrogen and oxygen atoms in total. The highest BCUT2D eigenvalue weighted by molar-refractivity contribution is 14.1. The van der Waals surface area contributed by atoms with Crippen LogP contribution in [0.25, 0.3) is 0 Å². The third-order valence-corrected chi connectivity index (χ3v) is 3.21. The number of rotatable bonds is 2. The van der Waals surface area contributed by atoms with Gasteiger partial charge in [0, 0.05) is 0 Å². The topological polar surface area (TPSA) is 29.5 Å². The Kier molecular flexibility index (Phi) is 3.88. The van der Waals surface area contributed by atoms with E-state index >= 15 is 0 Å². The third-order valence-electron chi connectivity index (χ3n) is 1.32. The summed E-state index contributed by atoms with van der Waals surface area (Å²) in [5.41, 5.74) is 0. The second-order valence-electron chi connectivity index (χ2n) is 2.14. The molecule has 0 amide bonds. The van der Waals surface area contributed by atoms with Crippen LogP contribution < -0.4 is 4.74 Å². The van der Waals surface area contributed by atoms with Crippen molar-refractivity contribution < 1.29 is 9.84 Å². The summed E-state index contributed by atoms with van der Waals surface area (Å²) in [7, 11) is 0. The van der Waals surface area contributed by atoms with E-state index in [4.69, 9.17) is 4.74 Å². The van der Waals surface area contributed by atoms with Gasteiger partial charge in [0.2, 0.25) is 0 Å². The zero-order valence-electron chi connectivity index (χ0n) is 6.47. The van der Waals surface area contributed by atoms with Crippen LogP contribution in [-0.2, 0) is 0 Å². The lowest BCUT2D eigenvalue weighted by atomic mass is 10.3. The quantitative estimate of drug-likeness (QED) is 0.788. The molecule has 0 atom stereocenters. The fraction of sp³-hybridized carbons (Fsp3) is 0.250. The molecule has 0 aliphatic carbocycles. The van der Waals surface area contributed by atoms with Crippen molar-refractivity contribution in [1.29, 1.82) is 0 Å². The maximum atomic E-state index is 9.36. The monoisotopic (exact) mass is 390 g/mol. The van der Waals surface area contributed by atoms with E-state index in [2.05, 4.69) is 45.2 Å². The molecule has 0 saturated carbocycles. The third kappa shape index (κ3) is 2.15. The molecular weight excluding hydrogens is 382 g/mol. The van der Waals surface area contributed by atoms with Crippen LogP contribution in [0.4, 0.5) is 0 Å². The number of aromatic hydroxyl groups is 1. The van der Waals surface area contributed by atoms with Crippen LogP contribution in [0.5, 0.6) is 11.5 Å². The Morgan fingerprint density at radius 2 is 2.08 bits per heavy atom. The Morgan fingerprint density at radius 1 is 1.42 bits per heavy atom. The van der Waals surface area contributed by atoms with Crippen LogP contribution in [0.2, 0.25) is 0 Å². The lowest BCUT2D eigenvalue weighted by Crippen LogP contribution is -1.96. The van der Waals surface area contributed by atoms with Crippen molar-refractivity contribution in [3.8, 4) is 11.5 Å². The first-order valence-electron chi connectivity index (χ1n) is 3.46. The summed E-state index contributed by atoms with van der Waals surface area (Å²) in [6.45, 7) is 2.55. The van der Waals surface area contributed by atoms with Gasteiger partial charge in [-0.25, -0.2) is 0 Å². The summed E-state index contributed by atoms with van der Waals surface area (Å²) >= 11 is 4.26. The molecule has 1 rings (SSSR count). The van der Waals surface area contributed by atoms with Gasteiger partial charge in [-0.15, -0.1) is 0 Å². The molecule has 1 aromatic carbocycles. The van der Waals surface area contributed by atoms with Gasteiger partial charge in [0.1, 0.15) is 11.5 Å². The lowest BCUT2D eigenvalue weighted by molar-refractivity contribution is 0.332. The molecule has 0 bridgehead atoms. The molecule has 0 fully saturated rings. The molecular formula is C8H8I2O2. The van der Waals surface area contributed by atoms with Gasteiger partial charge in [0.05, 0.1) is 13.7 Å². The van der Waals surface area contributed by atoms with Gasteiger partial charge in [0.25, 0.3) is 0 Å². The molecule has 4 heteroatoms. The highest BCUT2D eigenvalue weighted by atomic mass is 127. The predicted octanol–water partition coefficient (Wildman–Crippen LogP) is 3.00. The smallest absolute Gasteiger partial charge is 0.149 e. The van der Waals surface area contributed by atoms with E-state index in [1.807, 2.05) is 13.0 Å². The lowest BCUT2D eigenvalue weighted by Gasteiger charge is -2.08. The number of hydrogen-bond donors (Lipinski definition) is 1. The molecule has 0 heterocycles. The molecule has 0 aromatic heterocycles. The van der Waals surface area contributed by atoms with Crippen molar-refractivity contribution in [3.63, 3.8) is 0 Å². The number of phenolic OH excluding ortho intramolecular Hbond substituents is 1. The summed E-state index contributed by atoms with van der Waals surface area (Å²) in [6.07, 6.45) is 0. The molecule has 0 radical (unpaired) electrons. The maximum absolute atomic E-state index is 9.36. The van der Waals surface area contributed by atoms with Crippen LogP contribution in [-0.4, -0.2) is 11.7 Å². The molecule has 0 unspecified atom stereocenters. The normalized spacial score (nSPS) is 9.92. The minimum absolute atomic E-state index is 0.277. The number of halogens is 2. The van der Waals surface area contributed by atoms with E-state index < -0.39 is 0 Å². The Hall–Kier alpha value is 0.280. The highest BCUT2D eigenvalue weighted by Gasteiger charge is 2.09. The molecule has 0 saturated heterocycles. The largest absolute Gasteiger partial charge is 0.507 e. The van der Waals surface area contributed by atoms with Gasteiger partial charge in [-0.1, -0.05) is 0 Å². The van der Waals surface area contributed by atoms with Crippen LogP contribution in [0.3, 0.4) is 0 Å².